The summed E-state index contributed by atoms with van der Waals surface area (Å²) in [5.41, 5.74) is 3.81. The molecule has 2 heterocycles. The van der Waals surface area contributed by atoms with E-state index < -0.39 is 0 Å². The topological polar surface area (TPSA) is 37.8 Å². The van der Waals surface area contributed by atoms with Crippen molar-refractivity contribution in [2.45, 2.75) is 18.3 Å². The summed E-state index contributed by atoms with van der Waals surface area (Å²) in [5, 5.41) is 4.79. The summed E-state index contributed by atoms with van der Waals surface area (Å²) < 4.78 is 1.08. The van der Waals surface area contributed by atoms with Crippen molar-refractivity contribution in [3.05, 3.63) is 65.0 Å². The molecule has 0 spiro atoms. The minimum Gasteiger partial charge on any atom is -0.384 e. The van der Waals surface area contributed by atoms with Gasteiger partial charge < -0.3 is 5.32 Å². The van der Waals surface area contributed by atoms with E-state index in [1.165, 1.54) is 18.4 Å². The van der Waals surface area contributed by atoms with Crippen molar-refractivity contribution in [3.63, 3.8) is 0 Å². The van der Waals surface area contributed by atoms with Crippen molar-refractivity contribution in [1.29, 1.82) is 0 Å². The molecule has 1 aliphatic rings. The number of hydrogen-bond donors (Lipinski definition) is 1. The molecule has 3 aromatic rings. The monoisotopic (exact) mass is 353 g/mol. The van der Waals surface area contributed by atoms with Gasteiger partial charge in [-0.3, -0.25) is 9.97 Å². The van der Waals surface area contributed by atoms with Crippen molar-refractivity contribution in [1.82, 2.24) is 9.97 Å². The Kier molecular flexibility index (Phi) is 3.34. The second kappa shape index (κ2) is 5.36. The fourth-order valence-corrected chi connectivity index (χ4v) is 3.32. The normalized spacial score (nSPS) is 15.7. The van der Waals surface area contributed by atoms with Crippen molar-refractivity contribution >= 4 is 32.5 Å². The van der Waals surface area contributed by atoms with Crippen molar-refractivity contribution in [2.75, 3.05) is 11.9 Å². The first kappa shape index (κ1) is 13.7. The van der Waals surface area contributed by atoms with Crippen LogP contribution in [0, 0.1) is 0 Å². The van der Waals surface area contributed by atoms with Gasteiger partial charge in [-0.05, 0) is 54.8 Å². The molecule has 1 N–H and O–H groups in total. The molecule has 110 valence electrons. The maximum Gasteiger partial charge on any atom is 0.0723 e. The molecule has 1 saturated carbocycles. The van der Waals surface area contributed by atoms with E-state index in [1.54, 1.807) is 0 Å². The predicted molar refractivity (Wildman–Crippen MR) is 93.1 cm³/mol. The lowest BCUT2D eigenvalue weighted by Gasteiger charge is -2.18. The second-order valence-electron chi connectivity index (χ2n) is 5.89. The van der Waals surface area contributed by atoms with Crippen LogP contribution in [0.25, 0.3) is 10.9 Å². The van der Waals surface area contributed by atoms with Crippen molar-refractivity contribution in [3.8, 4) is 0 Å². The van der Waals surface area contributed by atoms with Crippen LogP contribution in [0.2, 0.25) is 0 Å². The van der Waals surface area contributed by atoms with Gasteiger partial charge in [0.2, 0.25) is 0 Å². The van der Waals surface area contributed by atoms with Crippen LogP contribution in [0.1, 0.15) is 18.4 Å². The molecule has 22 heavy (non-hydrogen) atoms. The molecule has 4 rings (SSSR count). The average molecular weight is 354 g/mol. The molecule has 4 heteroatoms. The van der Waals surface area contributed by atoms with Crippen LogP contribution < -0.4 is 5.32 Å². The first-order chi connectivity index (χ1) is 10.8. The predicted octanol–water partition coefficient (Wildman–Crippen LogP) is 4.54. The summed E-state index contributed by atoms with van der Waals surface area (Å²) in [6, 6.07) is 12.5. The number of aromatic nitrogens is 2. The molecule has 0 bridgehead atoms. The van der Waals surface area contributed by atoms with Gasteiger partial charge in [0.1, 0.15) is 0 Å². The van der Waals surface area contributed by atoms with Crippen LogP contribution in [-0.4, -0.2) is 16.5 Å². The Balaban J connectivity index is 1.61. The van der Waals surface area contributed by atoms with Gasteiger partial charge in [-0.2, -0.15) is 0 Å². The highest BCUT2D eigenvalue weighted by molar-refractivity contribution is 9.10. The Morgan fingerprint density at radius 2 is 1.86 bits per heavy atom. The second-order valence-corrected chi connectivity index (χ2v) is 6.81. The molecule has 1 aliphatic carbocycles. The molecule has 2 aromatic heterocycles. The van der Waals surface area contributed by atoms with Crippen LogP contribution in [-0.2, 0) is 5.41 Å². The van der Waals surface area contributed by atoms with E-state index in [-0.39, 0.29) is 5.41 Å². The number of nitrogens with zero attached hydrogens (tertiary/aromatic N) is 2. The molecular formula is C18H16BrN3. The number of hydrogen-bond acceptors (Lipinski definition) is 3. The van der Waals surface area contributed by atoms with E-state index in [0.29, 0.717) is 0 Å². The third-order valence-electron chi connectivity index (χ3n) is 4.47. The van der Waals surface area contributed by atoms with Crippen LogP contribution in [0.4, 0.5) is 5.69 Å². The van der Waals surface area contributed by atoms with E-state index in [4.69, 9.17) is 0 Å². The van der Waals surface area contributed by atoms with E-state index in [0.717, 1.165) is 27.6 Å². The Bertz CT molecular complexity index is 813. The number of fused-ring (bicyclic) bond motifs is 1. The molecule has 1 fully saturated rings. The third kappa shape index (κ3) is 2.48. The van der Waals surface area contributed by atoms with Gasteiger partial charge >= 0.3 is 0 Å². The van der Waals surface area contributed by atoms with E-state index >= 15 is 0 Å². The minimum absolute atomic E-state index is 0.268. The molecule has 0 atom stereocenters. The summed E-state index contributed by atoms with van der Waals surface area (Å²) in [6.07, 6.45) is 8.10. The van der Waals surface area contributed by atoms with Crippen molar-refractivity contribution in [2.24, 2.45) is 0 Å². The maximum absolute atomic E-state index is 4.43. The summed E-state index contributed by atoms with van der Waals surface area (Å²) in [7, 11) is 0. The van der Waals surface area contributed by atoms with Crippen LogP contribution in [0.3, 0.4) is 0 Å². The van der Waals surface area contributed by atoms with E-state index in [9.17, 15) is 0 Å². The summed E-state index contributed by atoms with van der Waals surface area (Å²) in [6.45, 7) is 0.947. The Morgan fingerprint density at radius 3 is 2.64 bits per heavy atom. The Morgan fingerprint density at radius 1 is 1.05 bits per heavy atom. The molecule has 0 radical (unpaired) electrons. The van der Waals surface area contributed by atoms with E-state index in [2.05, 4.69) is 55.5 Å². The van der Waals surface area contributed by atoms with Gasteiger partial charge in [0.25, 0.3) is 0 Å². The summed E-state index contributed by atoms with van der Waals surface area (Å²) in [4.78, 5) is 8.55. The molecule has 3 nitrogen and oxygen atoms in total. The third-order valence-corrected chi connectivity index (χ3v) is 4.96. The average Bonchev–Trinajstić information content (AvgIpc) is 3.35. The zero-order valence-corrected chi connectivity index (χ0v) is 13.7. The summed E-state index contributed by atoms with van der Waals surface area (Å²) in [5.74, 6) is 0. The van der Waals surface area contributed by atoms with Gasteiger partial charge in [0.15, 0.2) is 0 Å². The summed E-state index contributed by atoms with van der Waals surface area (Å²) >= 11 is 3.54. The highest BCUT2D eigenvalue weighted by Crippen LogP contribution is 2.48. The fourth-order valence-electron chi connectivity index (χ4n) is 2.96. The van der Waals surface area contributed by atoms with E-state index in [1.807, 2.05) is 30.7 Å². The first-order valence-corrected chi connectivity index (χ1v) is 8.25. The number of nitrogens with one attached hydrogen (secondary N) is 1. The lowest BCUT2D eigenvalue weighted by Crippen LogP contribution is -2.19. The molecule has 0 unspecified atom stereocenters. The number of pyridine rings is 2. The molecule has 0 aliphatic heterocycles. The smallest absolute Gasteiger partial charge is 0.0723 e. The zero-order chi connectivity index (χ0) is 15.0. The number of benzene rings is 1. The quantitative estimate of drug-likeness (QED) is 0.748. The minimum atomic E-state index is 0.268. The lowest BCUT2D eigenvalue weighted by atomic mass is 9.97. The first-order valence-electron chi connectivity index (χ1n) is 7.46. The van der Waals surface area contributed by atoms with Crippen LogP contribution >= 0.6 is 15.9 Å². The molecular weight excluding hydrogens is 338 g/mol. The Hall–Kier alpha value is -1.94. The molecule has 0 saturated heterocycles. The Labute approximate surface area is 137 Å². The van der Waals surface area contributed by atoms with Crippen LogP contribution in [0.15, 0.2) is 59.5 Å². The standard InChI is InChI=1S/C18H16BrN3/c19-14-1-2-16-15(11-14)17(5-10-21-16)22-12-18(6-7-18)13-3-8-20-9-4-13/h1-5,8-11H,6-7,12H2,(H,21,22). The highest BCUT2D eigenvalue weighted by atomic mass is 79.9. The number of rotatable bonds is 4. The van der Waals surface area contributed by atoms with Crippen LogP contribution in [0.5, 0.6) is 0 Å². The molecule has 1 aromatic carbocycles. The highest BCUT2D eigenvalue weighted by Gasteiger charge is 2.43. The number of halogens is 1. The van der Waals surface area contributed by atoms with Gasteiger partial charge in [0, 0.05) is 46.1 Å². The van der Waals surface area contributed by atoms with Crippen molar-refractivity contribution < 1.29 is 0 Å². The van der Waals surface area contributed by atoms with Gasteiger partial charge in [-0.1, -0.05) is 15.9 Å². The SMILES string of the molecule is Brc1ccc2nccc(NCC3(c4ccncc4)CC3)c2c1. The lowest BCUT2D eigenvalue weighted by molar-refractivity contribution is 0.731. The molecule has 0 amide bonds. The zero-order valence-electron chi connectivity index (χ0n) is 12.1. The van der Waals surface area contributed by atoms with Gasteiger partial charge in [-0.25, -0.2) is 0 Å². The fraction of sp³-hybridized carbons (Fsp3) is 0.222. The van der Waals surface area contributed by atoms with Gasteiger partial charge in [0.05, 0.1) is 5.52 Å². The number of anilines is 1. The van der Waals surface area contributed by atoms with Gasteiger partial charge in [-0.15, -0.1) is 0 Å². The largest absolute Gasteiger partial charge is 0.384 e. The maximum atomic E-state index is 4.43.